The molecule has 0 spiro atoms. The fourth-order valence-corrected chi connectivity index (χ4v) is 4.59. The van der Waals surface area contributed by atoms with Crippen LogP contribution in [0.1, 0.15) is 60.5 Å². The van der Waals surface area contributed by atoms with E-state index in [4.69, 9.17) is 5.11 Å². The van der Waals surface area contributed by atoms with E-state index >= 15 is 0 Å². The minimum absolute atomic E-state index is 0.0212. The lowest BCUT2D eigenvalue weighted by molar-refractivity contribution is -0.115. The van der Waals surface area contributed by atoms with Crippen molar-refractivity contribution in [2.45, 2.75) is 64.3 Å². The molecular weight excluding hydrogens is 378 g/mol. The van der Waals surface area contributed by atoms with Crippen molar-refractivity contribution in [3.8, 4) is 0 Å². The maximum absolute atomic E-state index is 12.2. The number of aromatic amines is 1. The highest BCUT2D eigenvalue weighted by Crippen LogP contribution is 2.40. The van der Waals surface area contributed by atoms with E-state index in [1.807, 2.05) is 19.9 Å². The second kappa shape index (κ2) is 9.18. The molecule has 152 valence electrons. The second-order valence-corrected chi connectivity index (χ2v) is 8.92. The molecule has 0 radical (unpaired) electrons. The smallest absolute Gasteiger partial charge is 0.404 e. The summed E-state index contributed by atoms with van der Waals surface area (Å²) in [5.74, 6) is 1.44. The lowest BCUT2D eigenvalue weighted by atomic mass is 9.96. The Kier molecular flexibility index (Phi) is 6.66. The summed E-state index contributed by atoms with van der Waals surface area (Å²) in [6.45, 7) is 3.87. The fraction of sp³-hybridized carbons (Fsp3) is 0.579. The number of carbonyl (C=O) groups is 2. The molecule has 1 fully saturated rings. The second-order valence-electron chi connectivity index (χ2n) is 7.60. The van der Waals surface area contributed by atoms with Crippen LogP contribution < -0.4 is 10.6 Å². The van der Waals surface area contributed by atoms with Crippen LogP contribution in [0.2, 0.25) is 0 Å². The number of nitrogens with zero attached hydrogens (tertiary/aromatic N) is 2. The zero-order valence-corrected chi connectivity index (χ0v) is 17.0. The molecule has 0 aliphatic heterocycles. The van der Waals surface area contributed by atoms with Crippen LogP contribution in [0.4, 0.5) is 10.6 Å². The van der Waals surface area contributed by atoms with Crippen molar-refractivity contribution in [3.63, 3.8) is 0 Å². The number of nitrogens with one attached hydrogen (secondary N) is 3. The third-order valence-electron chi connectivity index (χ3n) is 5.20. The molecule has 0 saturated heterocycles. The monoisotopic (exact) mass is 405 g/mol. The fourth-order valence-electron chi connectivity index (χ4n) is 3.81. The van der Waals surface area contributed by atoms with Crippen LogP contribution in [0, 0.1) is 12.8 Å². The predicted molar refractivity (Wildman–Crippen MR) is 108 cm³/mol. The summed E-state index contributed by atoms with van der Waals surface area (Å²) in [5.41, 5.74) is 1.06. The van der Waals surface area contributed by atoms with E-state index in [1.165, 1.54) is 11.3 Å². The summed E-state index contributed by atoms with van der Waals surface area (Å²) in [5, 5.41) is 22.2. The number of hydrogen-bond donors (Lipinski definition) is 4. The highest BCUT2D eigenvalue weighted by atomic mass is 32.1. The van der Waals surface area contributed by atoms with Crippen molar-refractivity contribution in [1.82, 2.24) is 20.5 Å². The van der Waals surface area contributed by atoms with Gasteiger partial charge in [0, 0.05) is 34.8 Å². The third kappa shape index (κ3) is 5.79. The predicted octanol–water partition coefficient (Wildman–Crippen LogP) is 3.68. The van der Waals surface area contributed by atoms with Crippen molar-refractivity contribution < 1.29 is 14.7 Å². The van der Waals surface area contributed by atoms with E-state index in [1.54, 1.807) is 6.20 Å². The number of thiazole rings is 1. The first kappa shape index (κ1) is 20.3. The first-order chi connectivity index (χ1) is 13.4. The Morgan fingerprint density at radius 1 is 1.43 bits per heavy atom. The van der Waals surface area contributed by atoms with Crippen LogP contribution in [0.25, 0.3) is 0 Å². The zero-order valence-electron chi connectivity index (χ0n) is 16.2. The Labute approximate surface area is 168 Å². The van der Waals surface area contributed by atoms with E-state index in [2.05, 4.69) is 25.8 Å². The maximum Gasteiger partial charge on any atom is 0.404 e. The molecule has 0 aromatic carbocycles. The highest BCUT2D eigenvalue weighted by molar-refractivity contribution is 7.11. The molecule has 2 aromatic heterocycles. The molecule has 2 amide bonds. The minimum atomic E-state index is -0.964. The maximum atomic E-state index is 12.2. The Bertz CT molecular complexity index is 818. The Morgan fingerprint density at radius 2 is 2.25 bits per heavy atom. The number of anilines is 1. The van der Waals surface area contributed by atoms with Crippen molar-refractivity contribution in [1.29, 1.82) is 0 Å². The molecule has 1 saturated carbocycles. The third-order valence-corrected chi connectivity index (χ3v) is 6.12. The number of carbonyl (C=O) groups excluding carboxylic acids is 1. The number of amides is 2. The molecule has 0 bridgehead atoms. The molecular formula is C19H27N5O3S. The molecule has 2 aromatic rings. The number of carboxylic acid groups (broad SMARTS) is 1. The SMILES string of the molecule is Cc1cnc(CC(=O)Nc2cc(C3CCC(CC[C@H](C)NC(=O)O)C3)[nH]n2)s1. The lowest BCUT2D eigenvalue weighted by Crippen LogP contribution is -2.31. The molecule has 9 heteroatoms. The van der Waals surface area contributed by atoms with Crippen LogP contribution in [0.15, 0.2) is 12.3 Å². The molecule has 4 N–H and O–H groups in total. The van der Waals surface area contributed by atoms with Gasteiger partial charge in [-0.15, -0.1) is 11.3 Å². The van der Waals surface area contributed by atoms with E-state index in [0.717, 1.165) is 47.7 Å². The quantitative estimate of drug-likeness (QED) is 0.534. The Balaban J connectivity index is 1.45. The van der Waals surface area contributed by atoms with Gasteiger partial charge in [0.1, 0.15) is 5.01 Å². The van der Waals surface area contributed by atoms with Crippen LogP contribution in [-0.2, 0) is 11.2 Å². The van der Waals surface area contributed by atoms with Crippen molar-refractivity contribution >= 4 is 29.2 Å². The van der Waals surface area contributed by atoms with Crippen LogP contribution in [0.3, 0.4) is 0 Å². The topological polar surface area (TPSA) is 120 Å². The van der Waals surface area contributed by atoms with Crippen LogP contribution in [0.5, 0.6) is 0 Å². The number of hydrogen-bond acceptors (Lipinski definition) is 5. The van der Waals surface area contributed by atoms with Gasteiger partial charge in [-0.05, 0) is 51.9 Å². The number of aryl methyl sites for hydroxylation is 1. The molecule has 3 atom stereocenters. The average Bonchev–Trinajstić information content (AvgIpc) is 3.33. The summed E-state index contributed by atoms with van der Waals surface area (Å²) in [6, 6.07) is 1.90. The zero-order chi connectivity index (χ0) is 20.1. The van der Waals surface area contributed by atoms with E-state index < -0.39 is 6.09 Å². The van der Waals surface area contributed by atoms with Gasteiger partial charge < -0.3 is 15.7 Å². The van der Waals surface area contributed by atoms with Gasteiger partial charge >= 0.3 is 6.09 Å². The van der Waals surface area contributed by atoms with Gasteiger partial charge in [-0.2, -0.15) is 5.10 Å². The summed E-state index contributed by atoms with van der Waals surface area (Å²) < 4.78 is 0. The van der Waals surface area contributed by atoms with Gasteiger partial charge in [0.05, 0.1) is 6.42 Å². The van der Waals surface area contributed by atoms with Crippen LogP contribution in [-0.4, -0.2) is 38.3 Å². The number of aromatic nitrogens is 3. The van der Waals surface area contributed by atoms with Gasteiger partial charge in [0.25, 0.3) is 0 Å². The molecule has 28 heavy (non-hydrogen) atoms. The Morgan fingerprint density at radius 3 is 2.96 bits per heavy atom. The number of H-pyrrole nitrogens is 1. The van der Waals surface area contributed by atoms with Crippen LogP contribution >= 0.6 is 11.3 Å². The summed E-state index contributed by atoms with van der Waals surface area (Å²) in [4.78, 5) is 28.1. The Hall–Kier alpha value is -2.42. The number of rotatable bonds is 8. The highest BCUT2D eigenvalue weighted by Gasteiger charge is 2.27. The molecule has 8 nitrogen and oxygen atoms in total. The van der Waals surface area contributed by atoms with Gasteiger partial charge in [0.15, 0.2) is 5.82 Å². The first-order valence-corrected chi connectivity index (χ1v) is 10.5. The van der Waals surface area contributed by atoms with Gasteiger partial charge in [-0.25, -0.2) is 9.78 Å². The summed E-state index contributed by atoms with van der Waals surface area (Å²) >= 11 is 1.52. The summed E-state index contributed by atoms with van der Waals surface area (Å²) in [7, 11) is 0. The van der Waals surface area contributed by atoms with E-state index in [0.29, 0.717) is 17.7 Å². The van der Waals surface area contributed by atoms with Crippen molar-refractivity contribution in [3.05, 3.63) is 27.8 Å². The molecule has 2 heterocycles. The van der Waals surface area contributed by atoms with Gasteiger partial charge in [-0.3, -0.25) is 9.89 Å². The van der Waals surface area contributed by atoms with E-state index in [-0.39, 0.29) is 18.4 Å². The lowest BCUT2D eigenvalue weighted by Gasteiger charge is -2.14. The average molecular weight is 406 g/mol. The minimum Gasteiger partial charge on any atom is -0.465 e. The van der Waals surface area contributed by atoms with Crippen molar-refractivity contribution in [2.24, 2.45) is 5.92 Å². The molecule has 2 unspecified atom stereocenters. The van der Waals surface area contributed by atoms with Crippen molar-refractivity contribution in [2.75, 3.05) is 5.32 Å². The largest absolute Gasteiger partial charge is 0.465 e. The van der Waals surface area contributed by atoms with E-state index in [9.17, 15) is 9.59 Å². The molecule has 1 aliphatic rings. The summed E-state index contributed by atoms with van der Waals surface area (Å²) in [6.07, 6.45) is 6.22. The molecule has 1 aliphatic carbocycles. The van der Waals surface area contributed by atoms with Gasteiger partial charge in [0.2, 0.25) is 5.91 Å². The standard InChI is InChI=1S/C19H27N5O3S/c1-11(21-19(26)27)3-4-13-5-6-14(7-13)15-8-16(24-23-15)22-17(25)9-18-20-10-12(2)28-18/h8,10-11,13-14,21H,3-7,9H2,1-2H3,(H,26,27)(H2,22,23,24,25)/t11-,13?,14?/m0/s1. The molecule has 3 rings (SSSR count). The van der Waals surface area contributed by atoms with Gasteiger partial charge in [-0.1, -0.05) is 0 Å². The first-order valence-electron chi connectivity index (χ1n) is 9.65. The normalized spacial score (nSPS) is 20.1.